The largest absolute Gasteiger partial charge is 0.340 e. The molecule has 0 radical (unpaired) electrons. The second kappa shape index (κ2) is 8.53. The molecule has 0 aliphatic heterocycles. The van der Waals surface area contributed by atoms with Gasteiger partial charge in [0.05, 0.1) is 22.5 Å². The number of nitriles is 1. The molecule has 1 aliphatic rings. The lowest BCUT2D eigenvalue weighted by molar-refractivity contribution is 0.365. The average Bonchev–Trinajstić information content (AvgIpc) is 3.27. The lowest BCUT2D eigenvalue weighted by Crippen LogP contribution is -2.18. The molecule has 2 aromatic carbocycles. The standard InChI is InChI=1S/C28H23FN4O3S/c1-16-9-23-25(12-22(16)18-11-20(15-31-14-18)37(29,35)36)33(19-5-3-2-4-6-19)28-26(27(23)34)21-8-7-17(13-30)10-24(21)32-28/h7-12,14-15,19,32H,2-6H2,1H3. The van der Waals surface area contributed by atoms with E-state index in [0.717, 1.165) is 60.3 Å². The van der Waals surface area contributed by atoms with Gasteiger partial charge in [-0.25, -0.2) is 0 Å². The average molecular weight is 515 g/mol. The van der Waals surface area contributed by atoms with Crippen molar-refractivity contribution in [3.05, 3.63) is 70.1 Å². The van der Waals surface area contributed by atoms with Crippen molar-refractivity contribution in [2.45, 2.75) is 50.0 Å². The van der Waals surface area contributed by atoms with Crippen LogP contribution in [0.5, 0.6) is 0 Å². The fraction of sp³-hybridized carbons (Fsp3) is 0.250. The Kier molecular flexibility index (Phi) is 5.39. The number of nitrogens with zero attached hydrogens (tertiary/aromatic N) is 3. The SMILES string of the molecule is Cc1cc2c(=O)c3c4ccc(C#N)cc4[nH]c3n(C3CCCCC3)c2cc1-c1cncc(S(=O)(=O)F)c1. The van der Waals surface area contributed by atoms with Crippen LogP contribution < -0.4 is 5.43 Å². The highest BCUT2D eigenvalue weighted by molar-refractivity contribution is 7.86. The summed E-state index contributed by atoms with van der Waals surface area (Å²) in [7, 11) is -4.92. The molecule has 1 saturated carbocycles. The molecule has 3 heterocycles. The van der Waals surface area contributed by atoms with Gasteiger partial charge in [-0.3, -0.25) is 9.78 Å². The maximum absolute atomic E-state index is 13.9. The van der Waals surface area contributed by atoms with E-state index in [4.69, 9.17) is 0 Å². The number of benzene rings is 2. The Balaban J connectivity index is 1.72. The summed E-state index contributed by atoms with van der Waals surface area (Å²) in [4.78, 5) is 20.8. The summed E-state index contributed by atoms with van der Waals surface area (Å²) < 4.78 is 39.0. The third-order valence-corrected chi connectivity index (χ3v) is 8.25. The van der Waals surface area contributed by atoms with Crippen LogP contribution in [-0.4, -0.2) is 23.0 Å². The molecule has 7 nitrogen and oxygen atoms in total. The molecule has 0 bridgehead atoms. The number of aromatic amines is 1. The molecule has 0 saturated heterocycles. The number of hydrogen-bond acceptors (Lipinski definition) is 5. The van der Waals surface area contributed by atoms with Crippen molar-refractivity contribution < 1.29 is 12.3 Å². The second-order valence-electron chi connectivity index (χ2n) is 9.74. The van der Waals surface area contributed by atoms with E-state index in [1.165, 1.54) is 12.3 Å². The van der Waals surface area contributed by atoms with Gasteiger partial charge < -0.3 is 9.55 Å². The highest BCUT2D eigenvalue weighted by atomic mass is 32.3. The van der Waals surface area contributed by atoms with E-state index in [1.54, 1.807) is 12.1 Å². The first-order valence-electron chi connectivity index (χ1n) is 12.2. The van der Waals surface area contributed by atoms with Crippen molar-refractivity contribution in [2.75, 3.05) is 0 Å². The van der Waals surface area contributed by atoms with Gasteiger partial charge >= 0.3 is 10.2 Å². The van der Waals surface area contributed by atoms with Crippen LogP contribution in [0.3, 0.4) is 0 Å². The normalized spacial score (nSPS) is 14.9. The van der Waals surface area contributed by atoms with Gasteiger partial charge in [0.1, 0.15) is 10.5 Å². The van der Waals surface area contributed by atoms with E-state index in [1.807, 2.05) is 25.1 Å². The van der Waals surface area contributed by atoms with Crippen molar-refractivity contribution in [3.63, 3.8) is 0 Å². The van der Waals surface area contributed by atoms with Crippen LogP contribution in [0.25, 0.3) is 44.0 Å². The zero-order valence-corrected chi connectivity index (χ0v) is 20.9. The Labute approximate surface area is 212 Å². The van der Waals surface area contributed by atoms with Gasteiger partial charge in [0.2, 0.25) is 0 Å². The summed E-state index contributed by atoms with van der Waals surface area (Å²) >= 11 is 0. The molecule has 0 amide bonds. The van der Waals surface area contributed by atoms with Crippen LogP contribution in [0.2, 0.25) is 0 Å². The molecule has 37 heavy (non-hydrogen) atoms. The van der Waals surface area contributed by atoms with Crippen molar-refractivity contribution in [3.8, 4) is 17.2 Å². The maximum atomic E-state index is 13.9. The van der Waals surface area contributed by atoms with Gasteiger partial charge in [-0.05, 0) is 61.2 Å². The van der Waals surface area contributed by atoms with Crippen LogP contribution >= 0.6 is 0 Å². The molecule has 0 unspecified atom stereocenters. The van der Waals surface area contributed by atoms with E-state index >= 15 is 0 Å². The van der Waals surface area contributed by atoms with Gasteiger partial charge in [-0.1, -0.05) is 25.3 Å². The molecule has 1 aliphatic carbocycles. The number of H-pyrrole nitrogens is 1. The van der Waals surface area contributed by atoms with Gasteiger partial charge in [0.25, 0.3) is 0 Å². The first-order chi connectivity index (χ1) is 17.8. The van der Waals surface area contributed by atoms with Crippen LogP contribution in [0.15, 0.2) is 58.5 Å². The zero-order valence-electron chi connectivity index (χ0n) is 20.1. The zero-order chi connectivity index (χ0) is 25.9. The topological polar surface area (TPSA) is 109 Å². The number of rotatable bonds is 3. The number of fused-ring (bicyclic) bond motifs is 4. The Morgan fingerprint density at radius 3 is 2.59 bits per heavy atom. The molecule has 0 spiro atoms. The summed E-state index contributed by atoms with van der Waals surface area (Å²) in [6.45, 7) is 1.84. The van der Waals surface area contributed by atoms with E-state index in [2.05, 4.69) is 20.6 Å². The smallest absolute Gasteiger partial charge is 0.333 e. The van der Waals surface area contributed by atoms with E-state index in [-0.39, 0.29) is 11.5 Å². The molecular formula is C28H23FN4O3S. The van der Waals surface area contributed by atoms with Gasteiger partial charge in [0, 0.05) is 40.3 Å². The molecule has 9 heteroatoms. The third kappa shape index (κ3) is 3.80. The molecule has 3 aromatic heterocycles. The lowest BCUT2D eigenvalue weighted by atomic mass is 9.93. The van der Waals surface area contributed by atoms with E-state index in [0.29, 0.717) is 33.1 Å². The van der Waals surface area contributed by atoms with E-state index < -0.39 is 15.1 Å². The Hall–Kier alpha value is -4.03. The highest BCUT2D eigenvalue weighted by Crippen LogP contribution is 2.37. The fourth-order valence-electron chi connectivity index (χ4n) is 5.73. The Morgan fingerprint density at radius 2 is 1.86 bits per heavy atom. The Bertz CT molecular complexity index is 1940. The number of pyridine rings is 2. The van der Waals surface area contributed by atoms with Gasteiger partial charge in [-0.15, -0.1) is 3.89 Å². The molecular weight excluding hydrogens is 491 g/mol. The number of hydrogen-bond donors (Lipinski definition) is 1. The van der Waals surface area contributed by atoms with Gasteiger partial charge in [0.15, 0.2) is 5.43 Å². The van der Waals surface area contributed by atoms with Crippen LogP contribution in [0.4, 0.5) is 3.89 Å². The molecule has 186 valence electrons. The third-order valence-electron chi connectivity index (χ3n) is 7.47. The molecule has 5 aromatic rings. The van der Waals surface area contributed by atoms with Crippen molar-refractivity contribution >= 4 is 43.1 Å². The maximum Gasteiger partial charge on any atom is 0.333 e. The minimum absolute atomic E-state index is 0.110. The molecule has 1 fully saturated rings. The first-order valence-corrected chi connectivity index (χ1v) is 13.6. The fourth-order valence-corrected chi connectivity index (χ4v) is 6.18. The molecule has 1 N–H and O–H groups in total. The van der Waals surface area contributed by atoms with Gasteiger partial charge in [-0.2, -0.15) is 13.7 Å². The van der Waals surface area contributed by atoms with Crippen molar-refractivity contribution in [2.24, 2.45) is 0 Å². The highest BCUT2D eigenvalue weighted by Gasteiger charge is 2.24. The van der Waals surface area contributed by atoms with E-state index in [9.17, 15) is 22.4 Å². The number of aryl methyl sites for hydroxylation is 1. The number of nitrogens with one attached hydrogen (secondary N) is 1. The predicted octanol–water partition coefficient (Wildman–Crippen LogP) is 6.04. The summed E-state index contributed by atoms with van der Waals surface area (Å²) in [6, 6.07) is 12.6. The minimum atomic E-state index is -4.92. The second-order valence-corrected chi connectivity index (χ2v) is 11.1. The van der Waals surface area contributed by atoms with Crippen LogP contribution in [-0.2, 0) is 10.2 Å². The van der Waals surface area contributed by atoms with Crippen molar-refractivity contribution in [1.29, 1.82) is 5.26 Å². The summed E-state index contributed by atoms with van der Waals surface area (Å²) in [6.07, 6.45) is 7.73. The lowest BCUT2D eigenvalue weighted by Gasteiger charge is -2.27. The first kappa shape index (κ1) is 23.4. The number of halogens is 1. The molecule has 6 rings (SSSR count). The summed E-state index contributed by atoms with van der Waals surface area (Å²) in [5.41, 5.74) is 4.45. The van der Waals surface area contributed by atoms with Crippen molar-refractivity contribution in [1.82, 2.24) is 14.5 Å². The monoisotopic (exact) mass is 514 g/mol. The molecule has 0 atom stereocenters. The van der Waals surface area contributed by atoms with Crippen LogP contribution in [0.1, 0.15) is 49.3 Å². The summed E-state index contributed by atoms with van der Waals surface area (Å²) in [5, 5.41) is 11.3. The summed E-state index contributed by atoms with van der Waals surface area (Å²) in [5.74, 6) is 0. The minimum Gasteiger partial charge on any atom is -0.340 e. The quantitative estimate of drug-likeness (QED) is 0.295. The number of aromatic nitrogens is 3. The predicted molar refractivity (Wildman–Crippen MR) is 141 cm³/mol. The van der Waals surface area contributed by atoms with Crippen LogP contribution in [0, 0.1) is 18.3 Å². The Morgan fingerprint density at radius 1 is 1.08 bits per heavy atom.